The van der Waals surface area contributed by atoms with Crippen molar-refractivity contribution >= 4 is 60.9 Å². The predicted octanol–water partition coefficient (Wildman–Crippen LogP) is 1.46. The molecule has 3 N–H and O–H groups in total. The van der Waals surface area contributed by atoms with E-state index in [0.717, 1.165) is 23.1 Å². The van der Waals surface area contributed by atoms with Gasteiger partial charge in [0.05, 0.1) is 26.9 Å². The van der Waals surface area contributed by atoms with E-state index in [2.05, 4.69) is 20.0 Å². The van der Waals surface area contributed by atoms with Crippen LogP contribution in [0.4, 0.5) is 5.69 Å². The molecule has 0 aliphatic heterocycles. The van der Waals surface area contributed by atoms with Crippen molar-refractivity contribution in [2.45, 2.75) is 43.3 Å². The van der Waals surface area contributed by atoms with Gasteiger partial charge in [-0.1, -0.05) is 11.8 Å². The number of fused-ring (bicyclic) bond motifs is 1. The smallest absolute Gasteiger partial charge is 0.260 e. The van der Waals surface area contributed by atoms with Crippen molar-refractivity contribution in [3.63, 3.8) is 0 Å². The number of thiophene rings is 1. The Balaban J connectivity index is 1.66. The zero-order valence-electron chi connectivity index (χ0n) is 18.1. The molecule has 0 radical (unpaired) electrons. The summed E-state index contributed by atoms with van der Waals surface area (Å²) in [6.07, 6.45) is 0. The Labute approximate surface area is 197 Å². The lowest BCUT2D eigenvalue weighted by Crippen LogP contribution is -2.40. The molecule has 0 aliphatic rings. The minimum absolute atomic E-state index is 0.0638. The highest BCUT2D eigenvalue weighted by molar-refractivity contribution is 7.99. The molecule has 0 saturated heterocycles. The summed E-state index contributed by atoms with van der Waals surface area (Å²) in [6.45, 7) is 6.71. The topological polar surface area (TPSA) is 161 Å². The number of thioether (sulfide) groups is 1. The summed E-state index contributed by atoms with van der Waals surface area (Å²) in [5.74, 6) is -1.86. The third kappa shape index (κ3) is 5.99. The first-order valence-electron chi connectivity index (χ1n) is 9.58. The van der Waals surface area contributed by atoms with Gasteiger partial charge in [0.15, 0.2) is 5.16 Å². The Bertz CT molecular complexity index is 1390. The molecule has 0 aliphatic carbocycles. The molecule has 10 nitrogen and oxygen atoms in total. The number of aromatic nitrogens is 2. The van der Waals surface area contributed by atoms with Gasteiger partial charge < -0.3 is 20.2 Å². The molecule has 13 heteroatoms. The number of carboxylic acids is 1. The number of rotatable bonds is 7. The van der Waals surface area contributed by atoms with Gasteiger partial charge >= 0.3 is 0 Å². The fourth-order valence-electron chi connectivity index (χ4n) is 2.90. The Morgan fingerprint density at radius 2 is 1.85 bits per heavy atom. The van der Waals surface area contributed by atoms with Crippen molar-refractivity contribution in [2.75, 3.05) is 11.1 Å². The van der Waals surface area contributed by atoms with Crippen molar-refractivity contribution in [3.05, 3.63) is 45.1 Å². The molecule has 0 fully saturated rings. The second-order valence-corrected chi connectivity index (χ2v) is 11.8. The van der Waals surface area contributed by atoms with Crippen molar-refractivity contribution in [2.24, 2.45) is 0 Å². The lowest BCUT2D eigenvalue weighted by Gasteiger charge is -2.20. The Morgan fingerprint density at radius 3 is 2.42 bits per heavy atom. The first-order valence-corrected chi connectivity index (χ1v) is 12.9. The second-order valence-electron chi connectivity index (χ2n) is 8.11. The van der Waals surface area contributed by atoms with E-state index in [4.69, 9.17) is 0 Å². The Kier molecular flexibility index (Phi) is 6.98. The average Bonchev–Trinajstić information content (AvgIpc) is 3.02. The summed E-state index contributed by atoms with van der Waals surface area (Å²) in [5.41, 5.74) is -0.430. The van der Waals surface area contributed by atoms with Crippen molar-refractivity contribution in [1.82, 2.24) is 14.7 Å². The first kappa shape index (κ1) is 24.9. The number of carbonyl (C=O) groups is 2. The van der Waals surface area contributed by atoms with E-state index in [1.807, 2.05) is 0 Å². The molecule has 0 unspecified atom stereocenters. The minimum Gasteiger partial charge on any atom is -0.544 e. The molecule has 1 aromatic carbocycles. The maximum atomic E-state index is 12.3. The van der Waals surface area contributed by atoms with Crippen LogP contribution in [0.2, 0.25) is 0 Å². The van der Waals surface area contributed by atoms with E-state index in [0.29, 0.717) is 11.3 Å². The minimum atomic E-state index is -3.69. The number of nitrogens with zero attached hydrogens (tertiary/aromatic N) is 1. The Hall–Kier alpha value is -2.74. The van der Waals surface area contributed by atoms with Gasteiger partial charge in [0.25, 0.3) is 5.56 Å². The fourth-order valence-corrected chi connectivity index (χ4v) is 6.05. The standard InChI is InChI=1S/C20H22N4O6S3/c1-10-14-16(26)22-19(23-17(14)32-15(10)18(27)28)31-9-13(25)21-11-5-7-12(8-6-11)33(29,30)24-20(2,3)4/h5-8,24H,9H2,1-4H3,(H,21,25)(H,27,28)(H,22,23,26)/p-1. The molecule has 3 rings (SSSR count). The van der Waals surface area contributed by atoms with E-state index in [-0.39, 0.29) is 30.9 Å². The van der Waals surface area contributed by atoms with Gasteiger partial charge in [-0.25, -0.2) is 18.1 Å². The SMILES string of the molecule is Cc1c(C(=O)[O-])sc2nc(SCC(=O)Nc3ccc(S(=O)(=O)NC(C)(C)C)cc3)[nH]c(=O)c12. The third-order valence-electron chi connectivity index (χ3n) is 4.19. The van der Waals surface area contributed by atoms with E-state index in [9.17, 15) is 27.9 Å². The molecule has 3 aromatic rings. The van der Waals surface area contributed by atoms with Gasteiger partial charge in [-0.15, -0.1) is 11.3 Å². The molecule has 2 aromatic heterocycles. The van der Waals surface area contributed by atoms with E-state index in [1.165, 1.54) is 31.2 Å². The molecule has 176 valence electrons. The van der Waals surface area contributed by atoms with Crippen molar-refractivity contribution in [3.8, 4) is 0 Å². The largest absolute Gasteiger partial charge is 0.544 e. The van der Waals surface area contributed by atoms with Crippen LogP contribution in [0.25, 0.3) is 10.2 Å². The number of hydrogen-bond donors (Lipinski definition) is 3. The number of anilines is 1. The van der Waals surface area contributed by atoms with Crippen LogP contribution in [-0.4, -0.2) is 41.6 Å². The van der Waals surface area contributed by atoms with Crippen LogP contribution in [0, 0.1) is 6.92 Å². The third-order valence-corrected chi connectivity index (χ3v) is 8.01. The van der Waals surface area contributed by atoms with Gasteiger partial charge in [-0.3, -0.25) is 9.59 Å². The zero-order valence-corrected chi connectivity index (χ0v) is 20.6. The summed E-state index contributed by atoms with van der Waals surface area (Å²) in [5, 5.41) is 14.2. The highest BCUT2D eigenvalue weighted by Gasteiger charge is 2.22. The number of carboxylic acid groups (broad SMARTS) is 1. The monoisotopic (exact) mass is 509 g/mol. The second kappa shape index (κ2) is 9.25. The van der Waals surface area contributed by atoms with Crippen LogP contribution in [0.1, 0.15) is 36.0 Å². The molecule has 0 saturated carbocycles. The predicted molar refractivity (Wildman–Crippen MR) is 125 cm³/mol. The van der Waals surface area contributed by atoms with E-state index >= 15 is 0 Å². The lowest BCUT2D eigenvalue weighted by atomic mass is 10.1. The molecule has 0 bridgehead atoms. The molecule has 33 heavy (non-hydrogen) atoms. The number of benzene rings is 1. The summed E-state index contributed by atoms with van der Waals surface area (Å²) in [4.78, 5) is 42.8. The molecular formula is C20H21N4O6S3-. The van der Waals surface area contributed by atoms with Crippen LogP contribution >= 0.6 is 23.1 Å². The average molecular weight is 510 g/mol. The highest BCUT2D eigenvalue weighted by atomic mass is 32.2. The maximum Gasteiger partial charge on any atom is 0.260 e. The zero-order chi connectivity index (χ0) is 24.6. The number of carbonyl (C=O) groups excluding carboxylic acids is 2. The lowest BCUT2D eigenvalue weighted by molar-refractivity contribution is -0.254. The summed E-state index contributed by atoms with van der Waals surface area (Å²) >= 11 is 1.82. The van der Waals surface area contributed by atoms with Crippen molar-refractivity contribution < 1.29 is 23.1 Å². The molecule has 0 atom stereocenters. The highest BCUT2D eigenvalue weighted by Crippen LogP contribution is 2.27. The Morgan fingerprint density at radius 1 is 1.21 bits per heavy atom. The molecule has 2 heterocycles. The van der Waals surface area contributed by atoms with Crippen molar-refractivity contribution in [1.29, 1.82) is 0 Å². The number of sulfonamides is 1. The molecular weight excluding hydrogens is 488 g/mol. The molecule has 0 spiro atoms. The maximum absolute atomic E-state index is 12.3. The number of nitrogens with one attached hydrogen (secondary N) is 3. The van der Waals surface area contributed by atoms with Gasteiger partial charge in [-0.05, 0) is 57.5 Å². The van der Waals surface area contributed by atoms with Gasteiger partial charge in [0.1, 0.15) is 4.83 Å². The van der Waals surface area contributed by atoms with Crippen LogP contribution in [-0.2, 0) is 14.8 Å². The number of aryl methyl sites for hydroxylation is 1. The normalized spacial score (nSPS) is 12.1. The quantitative estimate of drug-likeness (QED) is 0.319. The first-order chi connectivity index (χ1) is 15.3. The number of hydrogen-bond acceptors (Lipinski definition) is 9. The number of aromatic amines is 1. The van der Waals surface area contributed by atoms with E-state index < -0.39 is 33.0 Å². The summed E-state index contributed by atoms with van der Waals surface area (Å²) in [7, 11) is -3.69. The van der Waals surface area contributed by atoms with Crippen LogP contribution in [0.3, 0.4) is 0 Å². The molecule has 1 amide bonds. The number of amides is 1. The van der Waals surface area contributed by atoms with Gasteiger partial charge in [-0.2, -0.15) is 0 Å². The van der Waals surface area contributed by atoms with Gasteiger partial charge in [0.2, 0.25) is 15.9 Å². The summed E-state index contributed by atoms with van der Waals surface area (Å²) < 4.78 is 27.2. The fraction of sp³-hybridized carbons (Fsp3) is 0.300. The number of aromatic carboxylic acids is 1. The number of H-pyrrole nitrogens is 1. The van der Waals surface area contributed by atoms with Crippen LogP contribution < -0.4 is 20.7 Å². The van der Waals surface area contributed by atoms with E-state index in [1.54, 1.807) is 20.8 Å². The van der Waals surface area contributed by atoms with Gasteiger partial charge in [0, 0.05) is 11.2 Å². The van der Waals surface area contributed by atoms with Crippen LogP contribution in [0.15, 0.2) is 39.1 Å². The summed E-state index contributed by atoms with van der Waals surface area (Å²) in [6, 6.07) is 5.72. The van der Waals surface area contributed by atoms with Crippen LogP contribution in [0.5, 0.6) is 0 Å².